The molecule has 0 N–H and O–H groups in total. The fourth-order valence-electron chi connectivity index (χ4n) is 0. The second kappa shape index (κ2) is 211. The van der Waals surface area contributed by atoms with E-state index in [0.29, 0.717) is 0 Å². The first-order valence-electron chi connectivity index (χ1n) is 0. The van der Waals surface area contributed by atoms with Crippen LogP contribution in [0.15, 0.2) is 0 Å². The summed E-state index contributed by atoms with van der Waals surface area (Å²) in [5, 5.41) is 0. The Kier molecular flexibility index (Phi) is 2770. The van der Waals surface area contributed by atoms with E-state index in [-0.39, 0.29) is 318 Å². The van der Waals surface area contributed by atoms with Gasteiger partial charge in [0, 0.05) is 0 Å². The molecule has 0 aromatic rings. The largest absolute Gasteiger partial charge is 2.00 e. The average molecular weight is 585 g/mol. The molecule has 0 amide bonds. The van der Waals surface area contributed by atoms with Gasteiger partial charge in [0.05, 0.1) is 0 Å². The number of hydrogen-bond acceptors (Lipinski definition) is 0. The van der Waals surface area contributed by atoms with Crippen LogP contribution >= 0.6 is 136 Å². The van der Waals surface area contributed by atoms with Crippen LogP contribution in [0.25, 0.3) is 0 Å². The van der Waals surface area contributed by atoms with Gasteiger partial charge in [-0.25, -0.2) is 0 Å². The van der Waals surface area contributed by atoms with Crippen LogP contribution in [0.1, 0.15) is 20.0 Å². The van der Waals surface area contributed by atoms with E-state index in [9.17, 15) is 0 Å². The third kappa shape index (κ3) is 186. The van der Waals surface area contributed by atoms with Gasteiger partial charge in [-0.1, -0.05) is 0 Å². The minimum Gasteiger partial charge on any atom is -1.00 e. The summed E-state index contributed by atoms with van der Waals surface area (Å²) in [6, 6.07) is 0. The summed E-state index contributed by atoms with van der Waals surface area (Å²) in [5.74, 6) is 0. The fourth-order valence-corrected chi connectivity index (χ4v) is 0. The molecular weight excluding hydrogens is 560 g/mol. The summed E-state index contributed by atoms with van der Waals surface area (Å²) in [4.78, 5) is 0. The Hall–Kier alpha value is 8.55. The van der Waals surface area contributed by atoms with E-state index < -0.39 is 0 Å². The molecule has 18 heavy (non-hydrogen) atoms. The Morgan fingerprint density at radius 3 is 0.167 bits per heavy atom. The molecule has 0 aromatic carbocycles. The van der Waals surface area contributed by atoms with Gasteiger partial charge in [-0.2, -0.15) is 0 Å². The molecule has 0 aliphatic heterocycles. The van der Waals surface area contributed by atoms with Crippen molar-refractivity contribution in [3.63, 3.8) is 0 Å². The normalized spacial score (nSPS) is 0. The van der Waals surface area contributed by atoms with Crippen molar-refractivity contribution >= 4 is 298 Å². The SMILES string of the molecule is Cl.Cl.Cl.Cl.Cl.Cl.Cl.Cl.Cl.Cl.Cl.[H-].[H-].[H-].[H-].[H-].[H-].[H-].[H-].[H-].[H-].[H-].[H-].[H-].[H-].[Mg+2].[Mg+2].[Mg+2].[Mg+2].[Mg+2].[Mg+2].[Mg+2]. The van der Waals surface area contributed by atoms with Crippen molar-refractivity contribution in [1.82, 2.24) is 0 Å². The number of halogens is 11. The predicted molar refractivity (Wildman–Crippen MR) is 136 cm³/mol. The molecule has 0 saturated carbocycles. The van der Waals surface area contributed by atoms with Crippen molar-refractivity contribution in [2.45, 2.75) is 0 Å². The van der Waals surface area contributed by atoms with Crippen LogP contribution in [-0.4, -0.2) is 161 Å². The van der Waals surface area contributed by atoms with Crippen molar-refractivity contribution in [3.8, 4) is 0 Å². The monoisotopic (exact) mass is 578 g/mol. The molecule has 0 unspecified atom stereocenters. The van der Waals surface area contributed by atoms with Crippen molar-refractivity contribution in [2.24, 2.45) is 0 Å². The summed E-state index contributed by atoms with van der Waals surface area (Å²) < 4.78 is 0. The number of hydrogen-bond donors (Lipinski definition) is 0. The Labute approximate surface area is 312 Å². The molecule has 0 fully saturated rings. The zero-order chi connectivity index (χ0) is 0. The van der Waals surface area contributed by atoms with Gasteiger partial charge < -0.3 is 20.0 Å². The van der Waals surface area contributed by atoms with Crippen LogP contribution in [0, 0.1) is 0 Å². The van der Waals surface area contributed by atoms with E-state index in [0.717, 1.165) is 0 Å². The summed E-state index contributed by atoms with van der Waals surface area (Å²) in [5.41, 5.74) is 0. The predicted octanol–water partition coefficient (Wildman–Crippen LogP) is 3.55. The van der Waals surface area contributed by atoms with Gasteiger partial charge >= 0.3 is 161 Å². The minimum atomic E-state index is 0. The maximum Gasteiger partial charge on any atom is 2.00 e. The fraction of sp³-hybridized carbons (Fsp3) is 0. The first-order chi connectivity index (χ1) is 0. The molecule has 0 bridgehead atoms. The van der Waals surface area contributed by atoms with E-state index in [1.807, 2.05) is 0 Å². The third-order valence-corrected chi connectivity index (χ3v) is 0. The molecule has 0 aromatic heterocycles. The molecule has 0 spiro atoms. The Morgan fingerprint density at radius 2 is 0.167 bits per heavy atom. The third-order valence-electron chi connectivity index (χ3n) is 0. The van der Waals surface area contributed by atoms with Gasteiger partial charge in [0.25, 0.3) is 0 Å². The second-order valence-electron chi connectivity index (χ2n) is 0. The Bertz CT molecular complexity index is 49.0. The van der Waals surface area contributed by atoms with Crippen molar-refractivity contribution < 1.29 is 20.0 Å². The molecule has 0 nitrogen and oxygen atoms in total. The number of rotatable bonds is 0. The van der Waals surface area contributed by atoms with E-state index in [1.165, 1.54) is 0 Å². The van der Waals surface area contributed by atoms with Crippen LogP contribution in [-0.2, 0) is 0 Å². The molecule has 0 radical (unpaired) electrons. The Morgan fingerprint density at radius 1 is 0.167 bits per heavy atom. The molecule has 116 valence electrons. The summed E-state index contributed by atoms with van der Waals surface area (Å²) in [6.45, 7) is 0. The molecule has 0 saturated heterocycles. The van der Waals surface area contributed by atoms with E-state index in [1.54, 1.807) is 0 Å². The van der Waals surface area contributed by atoms with Crippen LogP contribution < -0.4 is 0 Å². The van der Waals surface area contributed by atoms with E-state index in [4.69, 9.17) is 0 Å². The van der Waals surface area contributed by atoms with Crippen molar-refractivity contribution in [1.29, 1.82) is 0 Å². The van der Waals surface area contributed by atoms with Crippen molar-refractivity contribution in [2.75, 3.05) is 0 Å². The van der Waals surface area contributed by atoms with Crippen LogP contribution in [0.2, 0.25) is 0 Å². The van der Waals surface area contributed by atoms with Crippen LogP contribution in [0.5, 0.6) is 0 Å². The first-order valence-corrected chi connectivity index (χ1v) is 0. The quantitative estimate of drug-likeness (QED) is 0.382. The summed E-state index contributed by atoms with van der Waals surface area (Å²) in [6.07, 6.45) is 0. The second-order valence-corrected chi connectivity index (χ2v) is 0. The van der Waals surface area contributed by atoms with Crippen LogP contribution in [0.4, 0.5) is 0 Å². The smallest absolute Gasteiger partial charge is 1.00 e. The van der Waals surface area contributed by atoms with Gasteiger partial charge in [-0.3, -0.25) is 0 Å². The van der Waals surface area contributed by atoms with E-state index in [2.05, 4.69) is 0 Å². The topological polar surface area (TPSA) is 0 Å². The summed E-state index contributed by atoms with van der Waals surface area (Å²) in [7, 11) is 0. The van der Waals surface area contributed by atoms with Crippen LogP contribution in [0.3, 0.4) is 0 Å². The van der Waals surface area contributed by atoms with Gasteiger partial charge in [0.15, 0.2) is 0 Å². The molecule has 0 aliphatic carbocycles. The van der Waals surface area contributed by atoms with Gasteiger partial charge in [-0.15, -0.1) is 136 Å². The summed E-state index contributed by atoms with van der Waals surface area (Å²) >= 11 is 0. The molecular formula is H25Cl11Mg7. The molecule has 0 heterocycles. The van der Waals surface area contributed by atoms with Crippen molar-refractivity contribution in [3.05, 3.63) is 0 Å². The molecule has 0 atom stereocenters. The van der Waals surface area contributed by atoms with Gasteiger partial charge in [0.2, 0.25) is 0 Å². The zero-order valence-corrected chi connectivity index (χ0v) is 28.3. The van der Waals surface area contributed by atoms with Gasteiger partial charge in [0.1, 0.15) is 0 Å². The standard InChI is InChI=1S/11ClH.7Mg.14H/h11*1H;;;;;;;;;;;;;;;;;;;;;/q;;;;;;;;;;;7*+2;14*-1. The average Bonchev–Trinajstić information content (AvgIpc) is 0. The molecule has 0 rings (SSSR count). The Balaban J connectivity index is 0. The first kappa shape index (κ1) is 237. The maximum atomic E-state index is 0. The molecule has 0 aliphatic rings. The van der Waals surface area contributed by atoms with E-state index >= 15 is 0 Å². The maximum absolute atomic E-state index is 0. The zero-order valence-electron chi connectivity index (χ0n) is 23.4. The molecule has 18 heteroatoms. The minimum absolute atomic E-state index is 0. The van der Waals surface area contributed by atoms with Gasteiger partial charge in [-0.05, 0) is 0 Å².